The lowest BCUT2D eigenvalue weighted by Crippen LogP contribution is -2.76. The van der Waals surface area contributed by atoms with Gasteiger partial charge in [-0.25, -0.2) is 0 Å². The number of aliphatic hydroxyl groups is 1. The van der Waals surface area contributed by atoms with Gasteiger partial charge in [-0.3, -0.25) is 4.79 Å². The Labute approximate surface area is 115 Å². The Hall–Kier alpha value is -0.650. The van der Waals surface area contributed by atoms with Crippen LogP contribution in [0.5, 0.6) is 0 Å². The summed E-state index contributed by atoms with van der Waals surface area (Å²) in [6.45, 7) is 8.74. The molecule has 0 spiro atoms. The highest BCUT2D eigenvalue weighted by molar-refractivity contribution is 5.88. The summed E-state index contributed by atoms with van der Waals surface area (Å²) in [5, 5.41) is 12.4. The molecule has 1 saturated carbocycles. The maximum atomic E-state index is 12.2. The molecule has 0 aliphatic heterocycles. The van der Waals surface area contributed by atoms with Gasteiger partial charge in [0, 0.05) is 25.0 Å². The van der Waals surface area contributed by atoms with Gasteiger partial charge in [0.2, 0.25) is 5.91 Å². The normalized spacial score (nSPS) is 30.5. The molecule has 3 atom stereocenters. The third kappa shape index (κ3) is 3.09. The number of hydrogen-bond acceptors (Lipinski definition) is 4. The van der Waals surface area contributed by atoms with E-state index in [0.29, 0.717) is 19.4 Å². The zero-order chi connectivity index (χ0) is 14.7. The van der Waals surface area contributed by atoms with Gasteiger partial charge in [0.25, 0.3) is 0 Å². The molecule has 112 valence electrons. The van der Waals surface area contributed by atoms with Crippen LogP contribution < -0.4 is 11.1 Å². The molecular formula is C14H28N2O3. The Bertz CT molecular complexity index is 320. The lowest BCUT2D eigenvalue weighted by atomic mass is 9.54. The van der Waals surface area contributed by atoms with Crippen LogP contribution in [0, 0.1) is 5.41 Å². The Kier molecular flexibility index (Phi) is 5.35. The first-order valence-corrected chi connectivity index (χ1v) is 7.16. The van der Waals surface area contributed by atoms with Gasteiger partial charge in [-0.15, -0.1) is 0 Å². The minimum absolute atomic E-state index is 0.0221. The van der Waals surface area contributed by atoms with E-state index in [1.54, 1.807) is 0 Å². The maximum Gasteiger partial charge on any atom is 0.240 e. The molecule has 0 saturated heterocycles. The van der Waals surface area contributed by atoms with E-state index in [9.17, 15) is 9.90 Å². The summed E-state index contributed by atoms with van der Waals surface area (Å²) in [5.74, 6) is -0.191. The van der Waals surface area contributed by atoms with Gasteiger partial charge in [0.1, 0.15) is 5.54 Å². The minimum atomic E-state index is -0.904. The van der Waals surface area contributed by atoms with Crippen molar-refractivity contribution in [2.24, 2.45) is 11.1 Å². The molecule has 3 unspecified atom stereocenters. The number of hydrogen-bond donors (Lipinski definition) is 3. The molecule has 0 aromatic carbocycles. The molecule has 0 aromatic rings. The number of carbonyl (C=O) groups excluding carboxylic acids is 1. The average molecular weight is 272 g/mol. The molecule has 1 fully saturated rings. The molecule has 0 heterocycles. The van der Waals surface area contributed by atoms with Gasteiger partial charge in [-0.05, 0) is 13.3 Å². The molecule has 1 rings (SSSR count). The SMILES string of the molecule is CCCC(O)CNC(=O)C1(N)CC(OCC)C1(C)C. The molecule has 19 heavy (non-hydrogen) atoms. The quantitative estimate of drug-likeness (QED) is 0.640. The second-order valence-electron chi connectivity index (χ2n) is 5.99. The molecule has 1 aliphatic rings. The van der Waals surface area contributed by atoms with Gasteiger partial charge >= 0.3 is 0 Å². The average Bonchev–Trinajstić information content (AvgIpc) is 2.35. The molecule has 4 N–H and O–H groups in total. The third-order valence-electron chi connectivity index (χ3n) is 4.36. The van der Waals surface area contributed by atoms with Gasteiger partial charge in [0.15, 0.2) is 0 Å². The van der Waals surface area contributed by atoms with E-state index in [0.717, 1.165) is 6.42 Å². The highest BCUT2D eigenvalue weighted by Crippen LogP contribution is 2.49. The Morgan fingerprint density at radius 1 is 1.53 bits per heavy atom. The number of amides is 1. The molecule has 0 radical (unpaired) electrons. The summed E-state index contributed by atoms with van der Waals surface area (Å²) in [4.78, 5) is 12.2. The van der Waals surface area contributed by atoms with Crippen LogP contribution in [0.15, 0.2) is 0 Å². The minimum Gasteiger partial charge on any atom is -0.391 e. The zero-order valence-electron chi connectivity index (χ0n) is 12.5. The van der Waals surface area contributed by atoms with Crippen LogP contribution >= 0.6 is 0 Å². The molecule has 5 nitrogen and oxygen atoms in total. The van der Waals surface area contributed by atoms with E-state index in [1.165, 1.54) is 0 Å². The van der Waals surface area contributed by atoms with E-state index in [1.807, 2.05) is 27.7 Å². The lowest BCUT2D eigenvalue weighted by molar-refractivity contribution is -0.170. The molecule has 1 amide bonds. The highest BCUT2D eigenvalue weighted by Gasteiger charge is 2.62. The molecule has 0 bridgehead atoms. The van der Waals surface area contributed by atoms with E-state index in [2.05, 4.69) is 5.32 Å². The first-order chi connectivity index (χ1) is 8.79. The van der Waals surface area contributed by atoms with Crippen molar-refractivity contribution in [1.29, 1.82) is 0 Å². The fourth-order valence-electron chi connectivity index (χ4n) is 2.62. The highest BCUT2D eigenvalue weighted by atomic mass is 16.5. The predicted octanol–water partition coefficient (Wildman–Crippen LogP) is 0.796. The van der Waals surface area contributed by atoms with Crippen LogP contribution in [0.4, 0.5) is 0 Å². The molecule has 0 aromatic heterocycles. The first kappa shape index (κ1) is 16.4. The second kappa shape index (κ2) is 6.20. The van der Waals surface area contributed by atoms with Crippen molar-refractivity contribution in [3.8, 4) is 0 Å². The second-order valence-corrected chi connectivity index (χ2v) is 5.99. The van der Waals surface area contributed by atoms with E-state index >= 15 is 0 Å². The number of aliphatic hydroxyl groups excluding tert-OH is 1. The topological polar surface area (TPSA) is 84.6 Å². The van der Waals surface area contributed by atoms with Crippen LogP contribution in [0.2, 0.25) is 0 Å². The van der Waals surface area contributed by atoms with E-state index < -0.39 is 11.6 Å². The van der Waals surface area contributed by atoms with E-state index in [4.69, 9.17) is 10.5 Å². The monoisotopic (exact) mass is 272 g/mol. The van der Waals surface area contributed by atoms with Crippen molar-refractivity contribution in [3.63, 3.8) is 0 Å². The Morgan fingerprint density at radius 2 is 2.16 bits per heavy atom. The van der Waals surface area contributed by atoms with Gasteiger partial charge in [-0.2, -0.15) is 0 Å². The van der Waals surface area contributed by atoms with Crippen molar-refractivity contribution >= 4 is 5.91 Å². The summed E-state index contributed by atoms with van der Waals surface area (Å²) in [6, 6.07) is 0. The Morgan fingerprint density at radius 3 is 2.63 bits per heavy atom. The van der Waals surface area contributed by atoms with Crippen molar-refractivity contribution in [3.05, 3.63) is 0 Å². The van der Waals surface area contributed by atoms with Crippen molar-refractivity contribution in [2.75, 3.05) is 13.2 Å². The lowest BCUT2D eigenvalue weighted by Gasteiger charge is -2.57. The predicted molar refractivity (Wildman–Crippen MR) is 74.7 cm³/mol. The van der Waals surface area contributed by atoms with Crippen molar-refractivity contribution < 1.29 is 14.6 Å². The van der Waals surface area contributed by atoms with Crippen molar-refractivity contribution in [2.45, 2.75) is 64.7 Å². The fraction of sp³-hybridized carbons (Fsp3) is 0.929. The van der Waals surface area contributed by atoms with Gasteiger partial charge in [-0.1, -0.05) is 27.2 Å². The summed E-state index contributed by atoms with van der Waals surface area (Å²) in [6.07, 6.45) is 1.63. The number of carbonyl (C=O) groups is 1. The van der Waals surface area contributed by atoms with E-state index in [-0.39, 0.29) is 24.0 Å². The third-order valence-corrected chi connectivity index (χ3v) is 4.36. The first-order valence-electron chi connectivity index (χ1n) is 7.16. The fourth-order valence-corrected chi connectivity index (χ4v) is 2.62. The van der Waals surface area contributed by atoms with Crippen molar-refractivity contribution in [1.82, 2.24) is 5.32 Å². The molecule has 1 aliphatic carbocycles. The summed E-state index contributed by atoms with van der Waals surface area (Å²) < 4.78 is 5.59. The Balaban J connectivity index is 2.53. The van der Waals surface area contributed by atoms with Crippen LogP contribution in [-0.2, 0) is 9.53 Å². The summed E-state index contributed by atoms with van der Waals surface area (Å²) in [7, 11) is 0. The number of nitrogens with two attached hydrogens (primary N) is 1. The van der Waals surface area contributed by atoms with Crippen LogP contribution in [-0.4, -0.2) is 41.9 Å². The van der Waals surface area contributed by atoms with Crippen LogP contribution in [0.25, 0.3) is 0 Å². The summed E-state index contributed by atoms with van der Waals surface area (Å²) in [5.41, 5.74) is 4.94. The van der Waals surface area contributed by atoms with Crippen LogP contribution in [0.1, 0.15) is 47.0 Å². The van der Waals surface area contributed by atoms with Gasteiger partial charge in [0.05, 0.1) is 12.2 Å². The van der Waals surface area contributed by atoms with Gasteiger partial charge < -0.3 is 20.9 Å². The largest absolute Gasteiger partial charge is 0.391 e. The summed E-state index contributed by atoms with van der Waals surface area (Å²) >= 11 is 0. The molecule has 5 heteroatoms. The zero-order valence-corrected chi connectivity index (χ0v) is 12.5. The molecular weight excluding hydrogens is 244 g/mol. The number of rotatable bonds is 7. The number of nitrogens with one attached hydrogen (secondary N) is 1. The smallest absolute Gasteiger partial charge is 0.240 e. The maximum absolute atomic E-state index is 12.2. The number of ether oxygens (including phenoxy) is 1. The standard InChI is InChI=1S/C14H28N2O3/c1-5-7-10(17)9-16-12(18)14(15)8-11(19-6-2)13(14,3)4/h10-11,17H,5-9,15H2,1-4H3,(H,16,18). The van der Waals surface area contributed by atoms with Crippen LogP contribution in [0.3, 0.4) is 0 Å².